The third kappa shape index (κ3) is 6.84. The van der Waals surface area contributed by atoms with Crippen LogP contribution in [0.1, 0.15) is 39.8 Å². The highest BCUT2D eigenvalue weighted by Crippen LogP contribution is 2.28. The predicted molar refractivity (Wildman–Crippen MR) is 143 cm³/mol. The number of pyridine rings is 2. The lowest BCUT2D eigenvalue weighted by molar-refractivity contribution is 0.137. The topological polar surface area (TPSA) is 98.3 Å². The third-order valence-corrected chi connectivity index (χ3v) is 5.73. The van der Waals surface area contributed by atoms with E-state index < -0.39 is 0 Å². The van der Waals surface area contributed by atoms with Gasteiger partial charge in [-0.15, -0.1) is 0 Å². The Morgan fingerprint density at radius 2 is 1.25 bits per heavy atom. The second-order valence-corrected chi connectivity index (χ2v) is 9.59. The molecular formula is C24H32BrClN6O4. The number of rotatable bonds is 10. The number of imidazole rings is 2. The summed E-state index contributed by atoms with van der Waals surface area (Å²) >= 11 is 9.29. The van der Waals surface area contributed by atoms with Crippen molar-refractivity contribution in [3.8, 4) is 12.0 Å². The molecule has 0 atom stereocenters. The van der Waals surface area contributed by atoms with Crippen molar-refractivity contribution in [2.75, 3.05) is 40.6 Å². The van der Waals surface area contributed by atoms with Gasteiger partial charge in [-0.2, -0.15) is 9.97 Å². The lowest BCUT2D eigenvalue weighted by Crippen LogP contribution is -2.10. The van der Waals surface area contributed by atoms with E-state index >= 15 is 0 Å². The number of hydrogen-bond acceptors (Lipinski definition) is 8. The first-order valence-corrected chi connectivity index (χ1v) is 12.7. The second kappa shape index (κ2) is 13.2. The molecule has 0 amide bonds. The Morgan fingerprint density at radius 3 is 1.72 bits per heavy atom. The van der Waals surface area contributed by atoms with Gasteiger partial charge in [-0.25, -0.2) is 9.97 Å². The van der Waals surface area contributed by atoms with E-state index in [0.29, 0.717) is 43.6 Å². The molecule has 0 fully saturated rings. The van der Waals surface area contributed by atoms with E-state index in [0.717, 1.165) is 26.7 Å². The molecule has 36 heavy (non-hydrogen) atoms. The van der Waals surface area contributed by atoms with Crippen LogP contribution in [0.2, 0.25) is 5.15 Å². The van der Waals surface area contributed by atoms with Gasteiger partial charge in [0.15, 0.2) is 0 Å². The first-order chi connectivity index (χ1) is 17.3. The molecule has 4 aromatic rings. The Morgan fingerprint density at radius 1 is 0.778 bits per heavy atom. The van der Waals surface area contributed by atoms with Gasteiger partial charge in [-0.3, -0.25) is 9.13 Å². The molecule has 10 nitrogen and oxygen atoms in total. The van der Waals surface area contributed by atoms with Crippen molar-refractivity contribution in [3.63, 3.8) is 0 Å². The number of aromatic nitrogens is 6. The van der Waals surface area contributed by atoms with Crippen LogP contribution in [0.5, 0.6) is 12.0 Å². The van der Waals surface area contributed by atoms with E-state index in [1.54, 1.807) is 32.7 Å². The van der Waals surface area contributed by atoms with Crippen LogP contribution in [0.4, 0.5) is 0 Å². The van der Waals surface area contributed by atoms with Crippen LogP contribution in [0.15, 0.2) is 29.1 Å². The molecule has 4 heterocycles. The van der Waals surface area contributed by atoms with Crippen LogP contribution >= 0.6 is 27.5 Å². The summed E-state index contributed by atoms with van der Waals surface area (Å²) in [5, 5.41) is 0.452. The quantitative estimate of drug-likeness (QED) is 0.179. The Bertz CT molecular complexity index is 1180. The molecule has 0 aliphatic rings. The molecule has 0 unspecified atom stereocenters. The fourth-order valence-corrected chi connectivity index (χ4v) is 4.01. The van der Waals surface area contributed by atoms with E-state index in [1.165, 1.54) is 0 Å². The Hall–Kier alpha value is -2.47. The zero-order valence-electron chi connectivity index (χ0n) is 21.4. The zero-order chi connectivity index (χ0) is 26.2. The average molecular weight is 584 g/mol. The maximum atomic E-state index is 5.92. The summed E-state index contributed by atoms with van der Waals surface area (Å²) in [6.45, 7) is 10.4. The highest BCUT2D eigenvalue weighted by Gasteiger charge is 2.16. The molecular weight excluding hydrogens is 552 g/mol. The number of hydrogen-bond donors (Lipinski definition) is 0. The monoisotopic (exact) mass is 582 g/mol. The Kier molecular flexibility index (Phi) is 10.3. The van der Waals surface area contributed by atoms with E-state index in [2.05, 4.69) is 68.1 Å². The van der Waals surface area contributed by atoms with Crippen LogP contribution < -0.4 is 9.47 Å². The molecule has 0 radical (unpaired) electrons. The zero-order valence-corrected chi connectivity index (χ0v) is 23.7. The summed E-state index contributed by atoms with van der Waals surface area (Å²) in [5.74, 6) is 0. The standard InChI is InChI=1S/C12H16BrN3O2.C12H16ClN3O2/c2*1-8(2)16-10-6-11(13)14-7-9(10)15-12(16)18-5-4-17-3/h2*6-8H,4-5H2,1-3H3. The Labute approximate surface area is 224 Å². The minimum Gasteiger partial charge on any atom is -0.462 e. The number of halogens is 2. The molecule has 4 aromatic heterocycles. The van der Waals surface area contributed by atoms with E-state index in [-0.39, 0.29) is 12.1 Å². The van der Waals surface area contributed by atoms with E-state index in [1.807, 2.05) is 10.6 Å². The Balaban J connectivity index is 0.000000201. The molecule has 0 saturated heterocycles. The van der Waals surface area contributed by atoms with E-state index in [4.69, 9.17) is 30.5 Å². The summed E-state index contributed by atoms with van der Waals surface area (Å²) in [5.41, 5.74) is 3.55. The van der Waals surface area contributed by atoms with Crippen molar-refractivity contribution in [2.24, 2.45) is 0 Å². The fraction of sp³-hybridized carbons (Fsp3) is 0.500. The maximum Gasteiger partial charge on any atom is 0.297 e. The van der Waals surface area contributed by atoms with Gasteiger partial charge in [0, 0.05) is 32.4 Å². The first-order valence-electron chi connectivity index (χ1n) is 11.6. The lowest BCUT2D eigenvalue weighted by atomic mass is 10.3. The van der Waals surface area contributed by atoms with Gasteiger partial charge in [-0.05, 0) is 49.7 Å². The van der Waals surface area contributed by atoms with Gasteiger partial charge in [0.1, 0.15) is 34.0 Å². The summed E-state index contributed by atoms with van der Waals surface area (Å²) in [6.07, 6.45) is 3.39. The van der Waals surface area contributed by atoms with Gasteiger partial charge in [0.05, 0.1) is 36.6 Å². The largest absolute Gasteiger partial charge is 0.462 e. The van der Waals surface area contributed by atoms with Crippen LogP contribution in [-0.2, 0) is 9.47 Å². The highest BCUT2D eigenvalue weighted by atomic mass is 79.9. The van der Waals surface area contributed by atoms with Gasteiger partial charge in [0.2, 0.25) is 0 Å². The van der Waals surface area contributed by atoms with Gasteiger partial charge < -0.3 is 18.9 Å². The summed E-state index contributed by atoms with van der Waals surface area (Å²) < 4.78 is 26.0. The number of fused-ring (bicyclic) bond motifs is 2. The smallest absolute Gasteiger partial charge is 0.297 e. The van der Waals surface area contributed by atoms with Crippen molar-refractivity contribution < 1.29 is 18.9 Å². The molecule has 12 heteroatoms. The summed E-state index contributed by atoms with van der Waals surface area (Å²) in [6, 6.07) is 5.42. The predicted octanol–water partition coefficient (Wildman–Crippen LogP) is 5.49. The van der Waals surface area contributed by atoms with Crippen molar-refractivity contribution in [1.29, 1.82) is 0 Å². The van der Waals surface area contributed by atoms with Gasteiger partial charge in [0.25, 0.3) is 12.0 Å². The summed E-state index contributed by atoms with van der Waals surface area (Å²) in [7, 11) is 3.29. The molecule has 0 saturated carbocycles. The van der Waals surface area contributed by atoms with Crippen LogP contribution in [0.3, 0.4) is 0 Å². The average Bonchev–Trinajstić information content (AvgIpc) is 3.37. The third-order valence-electron chi connectivity index (χ3n) is 5.09. The highest BCUT2D eigenvalue weighted by molar-refractivity contribution is 9.10. The molecule has 0 spiro atoms. The maximum absolute atomic E-state index is 5.92. The molecule has 0 N–H and O–H groups in total. The van der Waals surface area contributed by atoms with Crippen LogP contribution in [0.25, 0.3) is 22.1 Å². The fourth-order valence-electron chi connectivity index (χ4n) is 3.54. The first kappa shape index (κ1) is 28.1. The summed E-state index contributed by atoms with van der Waals surface area (Å²) in [4.78, 5) is 17.1. The van der Waals surface area contributed by atoms with Gasteiger partial charge in [-0.1, -0.05) is 11.6 Å². The van der Waals surface area contributed by atoms with Crippen LogP contribution in [-0.4, -0.2) is 69.7 Å². The van der Waals surface area contributed by atoms with Crippen molar-refractivity contribution in [2.45, 2.75) is 39.8 Å². The van der Waals surface area contributed by atoms with Crippen molar-refractivity contribution in [1.82, 2.24) is 29.1 Å². The lowest BCUT2D eigenvalue weighted by Gasteiger charge is -2.13. The SMILES string of the molecule is COCCOc1nc2cnc(Br)cc2n1C(C)C.COCCOc1nc2cnc(Cl)cc2n1C(C)C. The molecule has 0 bridgehead atoms. The number of methoxy groups -OCH3 is 2. The van der Waals surface area contributed by atoms with Crippen molar-refractivity contribution >= 4 is 49.6 Å². The van der Waals surface area contributed by atoms with Crippen molar-refractivity contribution in [3.05, 3.63) is 34.3 Å². The molecule has 196 valence electrons. The van der Waals surface area contributed by atoms with Crippen LogP contribution in [0, 0.1) is 0 Å². The minimum atomic E-state index is 0.228. The normalized spacial score (nSPS) is 11.4. The molecule has 0 aliphatic carbocycles. The number of ether oxygens (including phenoxy) is 4. The molecule has 4 rings (SSSR count). The number of nitrogens with zero attached hydrogens (tertiary/aromatic N) is 6. The molecule has 0 aliphatic heterocycles. The van der Waals surface area contributed by atoms with E-state index in [9.17, 15) is 0 Å². The minimum absolute atomic E-state index is 0.228. The second-order valence-electron chi connectivity index (χ2n) is 8.39. The van der Waals surface area contributed by atoms with Gasteiger partial charge >= 0.3 is 0 Å². The molecule has 0 aromatic carbocycles.